The fourth-order valence-corrected chi connectivity index (χ4v) is 6.13. The van der Waals surface area contributed by atoms with Crippen molar-refractivity contribution < 1.29 is 28.7 Å². The lowest BCUT2D eigenvalue weighted by atomic mass is 9.66. The number of esters is 2. The average Bonchev–Trinajstić information content (AvgIpc) is 3.13. The zero-order valence-electron chi connectivity index (χ0n) is 18.7. The van der Waals surface area contributed by atoms with Crippen molar-refractivity contribution in [3.8, 4) is 0 Å². The van der Waals surface area contributed by atoms with Crippen LogP contribution in [0.2, 0.25) is 0 Å². The standard InChI is InChI=1S/C22H32N2O6/c1-17(2)19(5)7-9-21(17,29-15(19)27)13(25)23-11-12-24-14(26)22-10-8-20(6,16(28)30-22)18(22,3)4/h7-12H2,1-6H3,(H,23,25)(H,24,26). The molecule has 0 aromatic rings. The summed E-state index contributed by atoms with van der Waals surface area (Å²) in [6, 6.07) is 0. The van der Waals surface area contributed by atoms with Crippen molar-refractivity contribution in [2.24, 2.45) is 21.7 Å². The van der Waals surface area contributed by atoms with E-state index in [1.165, 1.54) is 0 Å². The number of amides is 2. The van der Waals surface area contributed by atoms with Crippen LogP contribution in [-0.4, -0.2) is 48.0 Å². The van der Waals surface area contributed by atoms with Crippen LogP contribution in [0.3, 0.4) is 0 Å². The maximum absolute atomic E-state index is 13.0. The van der Waals surface area contributed by atoms with Crippen molar-refractivity contribution in [2.45, 2.75) is 78.4 Å². The quantitative estimate of drug-likeness (QED) is 0.515. The zero-order chi connectivity index (χ0) is 22.4. The number of rotatable bonds is 5. The largest absolute Gasteiger partial charge is 0.448 e. The second-order valence-electron chi connectivity index (χ2n) is 10.9. The van der Waals surface area contributed by atoms with Crippen molar-refractivity contribution in [3.05, 3.63) is 0 Å². The zero-order valence-corrected chi connectivity index (χ0v) is 18.7. The molecule has 4 rings (SSSR count). The molecule has 8 heteroatoms. The van der Waals surface area contributed by atoms with Crippen LogP contribution in [0, 0.1) is 21.7 Å². The molecule has 2 N–H and O–H groups in total. The molecule has 2 saturated carbocycles. The Morgan fingerprint density at radius 1 is 0.700 bits per heavy atom. The van der Waals surface area contributed by atoms with Crippen LogP contribution < -0.4 is 10.6 Å². The van der Waals surface area contributed by atoms with Gasteiger partial charge >= 0.3 is 11.9 Å². The third kappa shape index (κ3) is 2.03. The van der Waals surface area contributed by atoms with Gasteiger partial charge < -0.3 is 20.1 Å². The molecule has 2 heterocycles. The van der Waals surface area contributed by atoms with E-state index in [1.807, 2.05) is 41.5 Å². The summed E-state index contributed by atoms with van der Waals surface area (Å²) in [7, 11) is 0. The van der Waals surface area contributed by atoms with E-state index in [-0.39, 0.29) is 36.8 Å². The Morgan fingerprint density at radius 3 is 1.27 bits per heavy atom. The molecule has 4 fully saturated rings. The van der Waals surface area contributed by atoms with Gasteiger partial charge in [-0.25, -0.2) is 0 Å². The maximum atomic E-state index is 13.0. The molecule has 0 radical (unpaired) electrons. The Kier molecular flexibility index (Phi) is 4.06. The Morgan fingerprint density at radius 2 is 1.03 bits per heavy atom. The first kappa shape index (κ1) is 21.1. The number of hydrogen-bond acceptors (Lipinski definition) is 6. The van der Waals surface area contributed by atoms with Gasteiger partial charge in [0.05, 0.1) is 10.8 Å². The Balaban J connectivity index is 1.37. The molecule has 0 aromatic carbocycles. The fraction of sp³-hybridized carbons (Fsp3) is 0.818. The second kappa shape index (κ2) is 5.77. The van der Waals surface area contributed by atoms with Crippen molar-refractivity contribution in [1.29, 1.82) is 0 Å². The molecule has 2 saturated heterocycles. The van der Waals surface area contributed by atoms with Gasteiger partial charge in [0, 0.05) is 23.9 Å². The van der Waals surface area contributed by atoms with Crippen LogP contribution in [0.5, 0.6) is 0 Å². The van der Waals surface area contributed by atoms with E-state index in [4.69, 9.17) is 9.47 Å². The molecule has 8 nitrogen and oxygen atoms in total. The lowest BCUT2D eigenvalue weighted by molar-refractivity contribution is -0.168. The normalized spacial score (nSPS) is 42.1. The third-order valence-corrected chi connectivity index (χ3v) is 9.60. The number of ether oxygens (including phenoxy) is 2. The lowest BCUT2D eigenvalue weighted by Crippen LogP contribution is -2.56. The van der Waals surface area contributed by atoms with Gasteiger partial charge in [0.2, 0.25) is 0 Å². The number of nitrogens with one attached hydrogen (secondary N) is 2. The molecule has 30 heavy (non-hydrogen) atoms. The van der Waals surface area contributed by atoms with Crippen LogP contribution in [-0.2, 0) is 28.7 Å². The molecule has 0 aromatic heterocycles. The van der Waals surface area contributed by atoms with Crippen molar-refractivity contribution in [1.82, 2.24) is 10.6 Å². The van der Waals surface area contributed by atoms with Crippen molar-refractivity contribution >= 4 is 23.8 Å². The van der Waals surface area contributed by atoms with Crippen LogP contribution in [0.15, 0.2) is 0 Å². The minimum atomic E-state index is -1.17. The molecule has 2 aliphatic heterocycles. The lowest BCUT2D eigenvalue weighted by Gasteiger charge is -2.36. The van der Waals surface area contributed by atoms with E-state index in [0.29, 0.717) is 25.7 Å². The Labute approximate surface area is 176 Å². The Hall–Kier alpha value is -2.12. The summed E-state index contributed by atoms with van der Waals surface area (Å²) < 4.78 is 11.2. The summed E-state index contributed by atoms with van der Waals surface area (Å²) in [6.07, 6.45) is 2.22. The van der Waals surface area contributed by atoms with Crippen LogP contribution >= 0.6 is 0 Å². The second-order valence-corrected chi connectivity index (χ2v) is 10.9. The van der Waals surface area contributed by atoms with Gasteiger partial charge in [0.1, 0.15) is 0 Å². The summed E-state index contributed by atoms with van der Waals surface area (Å²) in [5.41, 5.74) is -4.88. The van der Waals surface area contributed by atoms with E-state index in [1.54, 1.807) is 0 Å². The highest BCUT2D eigenvalue weighted by molar-refractivity contribution is 5.97. The molecule has 4 aliphatic rings. The molecule has 0 spiro atoms. The smallest absolute Gasteiger partial charge is 0.313 e. The number of fused-ring (bicyclic) bond motifs is 4. The predicted molar refractivity (Wildman–Crippen MR) is 106 cm³/mol. The van der Waals surface area contributed by atoms with Gasteiger partial charge in [0.25, 0.3) is 11.8 Å². The minimum absolute atomic E-state index is 0.193. The highest BCUT2D eigenvalue weighted by atomic mass is 16.6. The monoisotopic (exact) mass is 420 g/mol. The van der Waals surface area contributed by atoms with Crippen molar-refractivity contribution in [2.75, 3.05) is 13.1 Å². The Bertz CT molecular complexity index is 796. The SMILES string of the molecule is CC12CCC(C(=O)NCCNC(=O)C34CCC(C)(C(=O)O3)C4(C)C)(OC1=O)C2(C)C. The molecular weight excluding hydrogens is 388 g/mol. The number of hydrogen-bond donors (Lipinski definition) is 2. The molecular formula is C22H32N2O6. The summed E-state index contributed by atoms with van der Waals surface area (Å²) in [6.45, 7) is 11.7. The first-order chi connectivity index (χ1) is 13.7. The van der Waals surface area contributed by atoms with Gasteiger partial charge in [0.15, 0.2) is 11.2 Å². The minimum Gasteiger partial charge on any atom is -0.448 e. The van der Waals surface area contributed by atoms with Gasteiger partial charge in [-0.05, 0) is 39.5 Å². The van der Waals surface area contributed by atoms with E-state index in [2.05, 4.69) is 10.6 Å². The molecule has 4 unspecified atom stereocenters. The van der Waals surface area contributed by atoms with E-state index in [0.717, 1.165) is 0 Å². The molecule has 4 bridgehead atoms. The first-order valence-corrected chi connectivity index (χ1v) is 10.8. The van der Waals surface area contributed by atoms with Gasteiger partial charge in [-0.15, -0.1) is 0 Å². The summed E-state index contributed by atoms with van der Waals surface area (Å²) in [5.74, 6) is -1.29. The fourth-order valence-electron chi connectivity index (χ4n) is 6.13. The van der Waals surface area contributed by atoms with E-state index < -0.39 is 32.9 Å². The summed E-state index contributed by atoms with van der Waals surface area (Å²) in [5, 5.41) is 5.64. The number of carbonyl (C=O) groups is 4. The third-order valence-electron chi connectivity index (χ3n) is 9.60. The van der Waals surface area contributed by atoms with Gasteiger partial charge in [-0.3, -0.25) is 19.2 Å². The molecule has 4 atom stereocenters. The van der Waals surface area contributed by atoms with Gasteiger partial charge in [-0.1, -0.05) is 27.7 Å². The highest BCUT2D eigenvalue weighted by Gasteiger charge is 2.76. The predicted octanol–water partition coefficient (Wildman–Crippen LogP) is 1.46. The highest BCUT2D eigenvalue weighted by Crippen LogP contribution is 2.66. The molecule has 2 amide bonds. The molecule has 166 valence electrons. The topological polar surface area (TPSA) is 111 Å². The van der Waals surface area contributed by atoms with Crippen LogP contribution in [0.1, 0.15) is 67.2 Å². The van der Waals surface area contributed by atoms with Crippen LogP contribution in [0.4, 0.5) is 0 Å². The van der Waals surface area contributed by atoms with E-state index in [9.17, 15) is 19.2 Å². The number of carbonyl (C=O) groups excluding carboxylic acids is 4. The average molecular weight is 421 g/mol. The van der Waals surface area contributed by atoms with E-state index >= 15 is 0 Å². The van der Waals surface area contributed by atoms with Gasteiger partial charge in [-0.2, -0.15) is 0 Å². The summed E-state index contributed by atoms with van der Waals surface area (Å²) >= 11 is 0. The maximum Gasteiger partial charge on any atom is 0.313 e. The van der Waals surface area contributed by atoms with Crippen molar-refractivity contribution in [3.63, 3.8) is 0 Å². The van der Waals surface area contributed by atoms with Crippen LogP contribution in [0.25, 0.3) is 0 Å². The summed E-state index contributed by atoms with van der Waals surface area (Å²) in [4.78, 5) is 50.6. The molecule has 2 aliphatic carbocycles. The first-order valence-electron chi connectivity index (χ1n) is 10.8.